The Kier molecular flexibility index (Phi) is 9.34. The van der Waals surface area contributed by atoms with Gasteiger partial charge in [0.15, 0.2) is 0 Å². The van der Waals surface area contributed by atoms with Crippen molar-refractivity contribution in [1.82, 2.24) is 15.1 Å². The molecule has 1 heterocycles. The molecule has 0 spiro atoms. The zero-order valence-corrected chi connectivity index (χ0v) is 18.9. The number of piperazine rings is 1. The van der Waals surface area contributed by atoms with Crippen molar-refractivity contribution >= 4 is 17.7 Å². The Morgan fingerprint density at radius 1 is 1.10 bits per heavy atom. The molecule has 2 rings (SSSR count). The van der Waals surface area contributed by atoms with E-state index in [1.54, 1.807) is 0 Å². The summed E-state index contributed by atoms with van der Waals surface area (Å²) in [6.45, 7) is 9.59. The third-order valence-corrected chi connectivity index (χ3v) is 6.02. The topological polar surface area (TPSA) is 69.7 Å². The summed E-state index contributed by atoms with van der Waals surface area (Å²) in [6, 6.07) is 8.66. The second-order valence-electron chi connectivity index (χ2n) is 8.39. The van der Waals surface area contributed by atoms with Crippen LogP contribution in [0.2, 0.25) is 0 Å². The van der Waals surface area contributed by atoms with Crippen LogP contribution in [0.1, 0.15) is 70.2 Å². The molecule has 1 aliphatic heterocycles. The standard InChI is InChI=1S/C24H37N3O3/c1-5-7-9-14-21(28)25-22(18(3)6-2)24(30)26-15-16-27(19(4)17-26)23(29)20-12-10-8-11-13-20/h8,10-13,18-19,22H,5-7,9,14-17H2,1-4H3,(H,25,28). The minimum atomic E-state index is -0.507. The monoisotopic (exact) mass is 415 g/mol. The molecule has 0 saturated carbocycles. The molecule has 0 aliphatic carbocycles. The highest BCUT2D eigenvalue weighted by Crippen LogP contribution is 2.18. The van der Waals surface area contributed by atoms with Crippen LogP contribution in [0.15, 0.2) is 30.3 Å². The fraction of sp³-hybridized carbons (Fsp3) is 0.625. The van der Waals surface area contributed by atoms with Crippen LogP contribution in [0.4, 0.5) is 0 Å². The largest absolute Gasteiger partial charge is 0.344 e. The third-order valence-electron chi connectivity index (χ3n) is 6.02. The van der Waals surface area contributed by atoms with E-state index in [1.165, 1.54) is 0 Å². The second-order valence-corrected chi connectivity index (χ2v) is 8.39. The van der Waals surface area contributed by atoms with E-state index < -0.39 is 6.04 Å². The average molecular weight is 416 g/mol. The van der Waals surface area contributed by atoms with Gasteiger partial charge < -0.3 is 15.1 Å². The van der Waals surface area contributed by atoms with Crippen molar-refractivity contribution < 1.29 is 14.4 Å². The molecule has 1 fully saturated rings. The van der Waals surface area contributed by atoms with Crippen molar-refractivity contribution in [2.45, 2.75) is 71.9 Å². The molecule has 3 atom stereocenters. The van der Waals surface area contributed by atoms with Gasteiger partial charge in [-0.05, 0) is 31.4 Å². The lowest BCUT2D eigenvalue weighted by atomic mass is 9.96. The van der Waals surface area contributed by atoms with Crippen LogP contribution in [0.3, 0.4) is 0 Å². The van der Waals surface area contributed by atoms with E-state index in [2.05, 4.69) is 12.2 Å². The van der Waals surface area contributed by atoms with Crippen LogP contribution in [0, 0.1) is 5.92 Å². The molecule has 0 radical (unpaired) electrons. The molecule has 0 aromatic heterocycles. The predicted octanol–water partition coefficient (Wildman–Crippen LogP) is 3.47. The Morgan fingerprint density at radius 3 is 2.40 bits per heavy atom. The lowest BCUT2D eigenvalue weighted by Gasteiger charge is -2.41. The van der Waals surface area contributed by atoms with Gasteiger partial charge in [-0.3, -0.25) is 14.4 Å². The Morgan fingerprint density at radius 2 is 1.80 bits per heavy atom. The minimum Gasteiger partial charge on any atom is -0.344 e. The highest BCUT2D eigenvalue weighted by Gasteiger charge is 2.35. The number of rotatable bonds is 9. The van der Waals surface area contributed by atoms with Gasteiger partial charge in [0.1, 0.15) is 6.04 Å². The fourth-order valence-corrected chi connectivity index (χ4v) is 3.87. The average Bonchev–Trinajstić information content (AvgIpc) is 2.76. The summed E-state index contributed by atoms with van der Waals surface area (Å²) in [6.07, 6.45) is 4.20. The first-order valence-electron chi connectivity index (χ1n) is 11.3. The first kappa shape index (κ1) is 23.9. The molecule has 3 amide bonds. The van der Waals surface area contributed by atoms with Gasteiger partial charge in [-0.2, -0.15) is 0 Å². The van der Waals surface area contributed by atoms with Gasteiger partial charge in [0.05, 0.1) is 0 Å². The molecule has 6 heteroatoms. The van der Waals surface area contributed by atoms with E-state index in [0.717, 1.165) is 25.7 Å². The number of hydrogen-bond acceptors (Lipinski definition) is 3. The van der Waals surface area contributed by atoms with Crippen molar-refractivity contribution in [2.75, 3.05) is 19.6 Å². The SMILES string of the molecule is CCCCCC(=O)NC(C(=O)N1CCN(C(=O)c2ccccc2)C(C)C1)C(C)CC. The maximum atomic E-state index is 13.3. The summed E-state index contributed by atoms with van der Waals surface area (Å²) in [7, 11) is 0. The van der Waals surface area contributed by atoms with Crippen LogP contribution in [-0.2, 0) is 9.59 Å². The van der Waals surface area contributed by atoms with Crippen molar-refractivity contribution in [3.8, 4) is 0 Å². The van der Waals surface area contributed by atoms with Crippen molar-refractivity contribution in [1.29, 1.82) is 0 Å². The minimum absolute atomic E-state index is 0.00194. The van der Waals surface area contributed by atoms with Crippen LogP contribution in [0.5, 0.6) is 0 Å². The van der Waals surface area contributed by atoms with E-state index >= 15 is 0 Å². The number of benzene rings is 1. The molecule has 1 N–H and O–H groups in total. The Hall–Kier alpha value is -2.37. The number of carbonyl (C=O) groups is 3. The smallest absolute Gasteiger partial charge is 0.254 e. The quantitative estimate of drug-likeness (QED) is 0.628. The van der Waals surface area contributed by atoms with Crippen molar-refractivity contribution in [3.63, 3.8) is 0 Å². The van der Waals surface area contributed by atoms with Gasteiger partial charge in [0.25, 0.3) is 5.91 Å². The highest BCUT2D eigenvalue weighted by molar-refractivity contribution is 5.94. The normalized spacial score (nSPS) is 18.6. The van der Waals surface area contributed by atoms with Gasteiger partial charge in [0, 0.05) is 37.7 Å². The summed E-state index contributed by atoms with van der Waals surface area (Å²) in [5.74, 6) is -0.0234. The van der Waals surface area contributed by atoms with E-state index in [-0.39, 0.29) is 29.7 Å². The molecule has 1 aromatic rings. The molecule has 6 nitrogen and oxygen atoms in total. The third kappa shape index (κ3) is 6.31. The van der Waals surface area contributed by atoms with Crippen LogP contribution >= 0.6 is 0 Å². The maximum Gasteiger partial charge on any atom is 0.254 e. The Bertz CT molecular complexity index is 707. The van der Waals surface area contributed by atoms with E-state index in [1.807, 2.05) is 60.9 Å². The van der Waals surface area contributed by atoms with E-state index in [9.17, 15) is 14.4 Å². The number of amides is 3. The first-order valence-corrected chi connectivity index (χ1v) is 11.3. The highest BCUT2D eigenvalue weighted by atomic mass is 16.2. The van der Waals surface area contributed by atoms with E-state index in [0.29, 0.717) is 31.6 Å². The van der Waals surface area contributed by atoms with Gasteiger partial charge in [0.2, 0.25) is 11.8 Å². The number of nitrogens with one attached hydrogen (secondary N) is 1. The molecule has 166 valence electrons. The number of carbonyl (C=O) groups excluding carboxylic acids is 3. The molecular weight excluding hydrogens is 378 g/mol. The van der Waals surface area contributed by atoms with Crippen molar-refractivity contribution in [3.05, 3.63) is 35.9 Å². The maximum absolute atomic E-state index is 13.3. The summed E-state index contributed by atoms with van der Waals surface area (Å²) in [5.41, 5.74) is 0.668. The summed E-state index contributed by atoms with van der Waals surface area (Å²) in [4.78, 5) is 42.1. The molecule has 30 heavy (non-hydrogen) atoms. The van der Waals surface area contributed by atoms with Crippen LogP contribution in [0.25, 0.3) is 0 Å². The van der Waals surface area contributed by atoms with Gasteiger partial charge in [-0.25, -0.2) is 0 Å². The molecule has 0 bridgehead atoms. The Labute approximate surface area is 181 Å². The predicted molar refractivity (Wildman–Crippen MR) is 119 cm³/mol. The van der Waals surface area contributed by atoms with Crippen molar-refractivity contribution in [2.24, 2.45) is 5.92 Å². The van der Waals surface area contributed by atoms with Gasteiger partial charge in [-0.1, -0.05) is 58.2 Å². The summed E-state index contributed by atoms with van der Waals surface area (Å²) < 4.78 is 0. The molecule has 1 saturated heterocycles. The zero-order chi connectivity index (χ0) is 22.1. The van der Waals surface area contributed by atoms with Gasteiger partial charge >= 0.3 is 0 Å². The lowest BCUT2D eigenvalue weighted by molar-refractivity contribution is -0.140. The molecule has 3 unspecified atom stereocenters. The van der Waals surface area contributed by atoms with E-state index in [4.69, 9.17) is 0 Å². The lowest BCUT2D eigenvalue weighted by Crippen LogP contribution is -2.60. The summed E-state index contributed by atoms with van der Waals surface area (Å²) in [5, 5.41) is 2.99. The molecule has 1 aliphatic rings. The van der Waals surface area contributed by atoms with Crippen LogP contribution in [-0.4, -0.2) is 59.2 Å². The molecular formula is C24H37N3O3. The van der Waals surface area contributed by atoms with Crippen LogP contribution < -0.4 is 5.32 Å². The fourth-order valence-electron chi connectivity index (χ4n) is 3.87. The first-order chi connectivity index (χ1) is 14.4. The van der Waals surface area contributed by atoms with Gasteiger partial charge in [-0.15, -0.1) is 0 Å². The molecule has 1 aromatic carbocycles. The second kappa shape index (κ2) is 11.7. The zero-order valence-electron chi connectivity index (χ0n) is 18.9. The number of hydrogen-bond donors (Lipinski definition) is 1. The number of nitrogens with zero attached hydrogens (tertiary/aromatic N) is 2. The summed E-state index contributed by atoms with van der Waals surface area (Å²) >= 11 is 0. The number of unbranched alkanes of at least 4 members (excludes halogenated alkanes) is 2. The Balaban J connectivity index is 2.00.